The number of amides is 1. The molecule has 0 saturated carbocycles. The van der Waals surface area contributed by atoms with Crippen molar-refractivity contribution in [3.63, 3.8) is 0 Å². The van der Waals surface area contributed by atoms with Gasteiger partial charge >= 0.3 is 12.1 Å². The molecule has 2 heterocycles. The molecule has 2 aliphatic heterocycles. The van der Waals surface area contributed by atoms with Crippen molar-refractivity contribution in [2.75, 3.05) is 19.6 Å². The van der Waals surface area contributed by atoms with Gasteiger partial charge in [-0.15, -0.1) is 0 Å². The van der Waals surface area contributed by atoms with Crippen molar-refractivity contribution in [3.8, 4) is 0 Å². The van der Waals surface area contributed by atoms with E-state index in [1.165, 1.54) is 0 Å². The second-order valence-electron chi connectivity index (χ2n) is 9.60. The fourth-order valence-corrected chi connectivity index (χ4v) is 3.71. The first kappa shape index (κ1) is 21.9. The fraction of sp³-hybridized carbons (Fsp3) is 0.895. The van der Waals surface area contributed by atoms with Crippen LogP contribution in [0.4, 0.5) is 13.6 Å². The lowest BCUT2D eigenvalue weighted by atomic mass is 10.1. The summed E-state index contributed by atoms with van der Waals surface area (Å²) in [6, 6.07) is -1.71. The van der Waals surface area contributed by atoms with Crippen LogP contribution in [0, 0.1) is 5.92 Å². The number of likely N-dealkylation sites (tertiary alicyclic amines) is 2. The van der Waals surface area contributed by atoms with Crippen LogP contribution in [0.3, 0.4) is 0 Å². The predicted molar refractivity (Wildman–Crippen MR) is 96.7 cm³/mol. The van der Waals surface area contributed by atoms with E-state index in [2.05, 4.69) is 0 Å². The summed E-state index contributed by atoms with van der Waals surface area (Å²) in [5.41, 5.74) is -1.36. The minimum absolute atomic E-state index is 0.174. The summed E-state index contributed by atoms with van der Waals surface area (Å²) in [7, 11) is 0. The molecule has 1 unspecified atom stereocenters. The predicted octanol–water partition coefficient (Wildman–Crippen LogP) is 3.29. The Morgan fingerprint density at radius 2 is 1.67 bits per heavy atom. The van der Waals surface area contributed by atoms with Gasteiger partial charge in [0.15, 0.2) is 0 Å². The molecule has 0 N–H and O–H groups in total. The monoisotopic (exact) mass is 390 g/mol. The highest BCUT2D eigenvalue weighted by Crippen LogP contribution is 2.42. The number of carbonyl (C=O) groups excluding carboxylic acids is 2. The van der Waals surface area contributed by atoms with Crippen LogP contribution in [0.2, 0.25) is 0 Å². The molecule has 156 valence electrons. The number of alkyl halides is 2. The zero-order valence-electron chi connectivity index (χ0n) is 17.3. The largest absolute Gasteiger partial charge is 0.460 e. The highest BCUT2D eigenvalue weighted by atomic mass is 19.3. The molecule has 8 heteroatoms. The fourth-order valence-electron chi connectivity index (χ4n) is 3.71. The molecular formula is C19H32F2N2O4. The molecule has 1 amide bonds. The van der Waals surface area contributed by atoms with Gasteiger partial charge in [0.05, 0.1) is 24.5 Å². The van der Waals surface area contributed by atoms with Crippen molar-refractivity contribution >= 4 is 12.1 Å². The maximum atomic E-state index is 14.7. The summed E-state index contributed by atoms with van der Waals surface area (Å²) in [6.45, 7) is 12.0. The van der Waals surface area contributed by atoms with Crippen LogP contribution < -0.4 is 0 Å². The number of ether oxygens (including phenoxy) is 2. The normalized spacial score (nSPS) is 26.6. The van der Waals surface area contributed by atoms with E-state index in [-0.39, 0.29) is 6.54 Å². The first-order valence-electron chi connectivity index (χ1n) is 9.45. The zero-order valence-corrected chi connectivity index (χ0v) is 17.3. The molecule has 0 aromatic carbocycles. The van der Waals surface area contributed by atoms with Crippen LogP contribution in [0.1, 0.15) is 54.9 Å². The van der Waals surface area contributed by atoms with Gasteiger partial charge in [0.1, 0.15) is 11.2 Å². The Bertz CT molecular complexity index is 583. The van der Waals surface area contributed by atoms with E-state index in [4.69, 9.17) is 9.47 Å². The Balaban J connectivity index is 2.07. The number of esters is 1. The Kier molecular flexibility index (Phi) is 5.82. The van der Waals surface area contributed by atoms with Crippen LogP contribution in [-0.2, 0) is 14.3 Å². The van der Waals surface area contributed by atoms with Gasteiger partial charge in [-0.1, -0.05) is 6.92 Å². The maximum absolute atomic E-state index is 14.7. The molecular weight excluding hydrogens is 358 g/mol. The molecule has 0 spiro atoms. The highest BCUT2D eigenvalue weighted by molar-refractivity contribution is 5.73. The third kappa shape index (κ3) is 5.30. The molecule has 3 atom stereocenters. The van der Waals surface area contributed by atoms with Crippen LogP contribution in [0.15, 0.2) is 0 Å². The number of carbonyl (C=O) groups is 2. The van der Waals surface area contributed by atoms with Gasteiger partial charge in [-0.3, -0.25) is 14.6 Å². The molecule has 2 rings (SSSR count). The van der Waals surface area contributed by atoms with E-state index < -0.39 is 53.7 Å². The molecule has 0 aromatic rings. The summed E-state index contributed by atoms with van der Waals surface area (Å²) >= 11 is 0. The Morgan fingerprint density at radius 3 is 2.19 bits per heavy atom. The lowest BCUT2D eigenvalue weighted by molar-refractivity contribution is -0.160. The molecule has 0 aromatic heterocycles. The average Bonchev–Trinajstić information content (AvgIpc) is 2.95. The van der Waals surface area contributed by atoms with Gasteiger partial charge in [-0.2, -0.15) is 0 Å². The number of hydrogen-bond donors (Lipinski definition) is 0. The third-order valence-corrected chi connectivity index (χ3v) is 4.63. The number of hydrogen-bond acceptors (Lipinski definition) is 5. The smallest absolute Gasteiger partial charge is 0.410 e. The van der Waals surface area contributed by atoms with Gasteiger partial charge in [0.2, 0.25) is 0 Å². The van der Waals surface area contributed by atoms with Crippen molar-refractivity contribution in [1.29, 1.82) is 0 Å². The summed E-state index contributed by atoms with van der Waals surface area (Å²) in [5, 5.41) is 0. The number of fused-ring (bicyclic) bond motifs is 1. The van der Waals surface area contributed by atoms with Crippen molar-refractivity contribution in [1.82, 2.24) is 9.80 Å². The van der Waals surface area contributed by atoms with Gasteiger partial charge in [0.25, 0.3) is 5.92 Å². The van der Waals surface area contributed by atoms with E-state index in [9.17, 15) is 18.4 Å². The molecule has 0 bridgehead atoms. The molecule has 2 saturated heterocycles. The minimum atomic E-state index is -3.05. The van der Waals surface area contributed by atoms with Gasteiger partial charge in [-0.25, -0.2) is 13.6 Å². The van der Waals surface area contributed by atoms with E-state index in [0.717, 1.165) is 4.90 Å². The quantitative estimate of drug-likeness (QED) is 0.692. The van der Waals surface area contributed by atoms with Crippen molar-refractivity contribution in [3.05, 3.63) is 0 Å². The lowest BCUT2D eigenvalue weighted by Crippen LogP contribution is -2.48. The first-order valence-corrected chi connectivity index (χ1v) is 9.45. The summed E-state index contributed by atoms with van der Waals surface area (Å²) < 4.78 is 40.1. The SMILES string of the molecule is CC(CN1CC[C@H]2[C@@H]1C(F)(F)CN2C(=O)OC(C)(C)C)C(=O)OC(C)(C)C. The Morgan fingerprint density at radius 1 is 1.11 bits per heavy atom. The number of nitrogens with zero attached hydrogens (tertiary/aromatic N) is 2. The third-order valence-electron chi connectivity index (χ3n) is 4.63. The summed E-state index contributed by atoms with van der Waals surface area (Å²) in [6.07, 6.45) is -0.280. The highest BCUT2D eigenvalue weighted by Gasteiger charge is 2.61. The van der Waals surface area contributed by atoms with Crippen LogP contribution in [-0.4, -0.2) is 70.7 Å². The topological polar surface area (TPSA) is 59.1 Å². The Labute approximate surface area is 160 Å². The summed E-state index contributed by atoms with van der Waals surface area (Å²) in [5.74, 6) is -3.99. The first-order chi connectivity index (χ1) is 12.1. The minimum Gasteiger partial charge on any atom is -0.460 e. The van der Waals surface area contributed by atoms with E-state index in [1.807, 2.05) is 0 Å². The van der Waals surface area contributed by atoms with E-state index >= 15 is 0 Å². The van der Waals surface area contributed by atoms with Gasteiger partial charge in [-0.05, 0) is 48.0 Å². The van der Waals surface area contributed by atoms with Crippen LogP contribution in [0.5, 0.6) is 0 Å². The molecule has 0 radical (unpaired) electrons. The number of rotatable bonds is 3. The maximum Gasteiger partial charge on any atom is 0.410 e. The molecule has 0 aliphatic carbocycles. The molecule has 2 fully saturated rings. The second-order valence-corrected chi connectivity index (χ2v) is 9.60. The average molecular weight is 390 g/mol. The Hall–Kier alpha value is -1.44. The van der Waals surface area contributed by atoms with Crippen molar-refractivity contribution in [2.45, 2.75) is 84.1 Å². The lowest BCUT2D eigenvalue weighted by Gasteiger charge is -2.30. The zero-order chi connectivity index (χ0) is 20.8. The standard InChI is InChI=1S/C19H32F2N2O4/c1-12(15(24)26-17(2,3)4)10-22-9-8-13-14(22)19(20,21)11-23(13)16(25)27-18(5,6)7/h12-14H,8-11H2,1-7H3/t12?,13-,14+/m0/s1. The summed E-state index contributed by atoms with van der Waals surface area (Å²) in [4.78, 5) is 27.3. The van der Waals surface area contributed by atoms with Gasteiger partial charge < -0.3 is 9.47 Å². The van der Waals surface area contributed by atoms with Gasteiger partial charge in [0, 0.05) is 13.1 Å². The van der Waals surface area contributed by atoms with Crippen molar-refractivity contribution < 1.29 is 27.8 Å². The van der Waals surface area contributed by atoms with Crippen LogP contribution >= 0.6 is 0 Å². The van der Waals surface area contributed by atoms with Crippen LogP contribution in [0.25, 0.3) is 0 Å². The van der Waals surface area contributed by atoms with E-state index in [0.29, 0.717) is 13.0 Å². The molecule has 27 heavy (non-hydrogen) atoms. The molecule has 2 aliphatic rings. The van der Waals surface area contributed by atoms with E-state index in [1.54, 1.807) is 53.4 Å². The second kappa shape index (κ2) is 7.18. The molecule has 6 nitrogen and oxygen atoms in total. The number of halogens is 2. The van der Waals surface area contributed by atoms with Crippen molar-refractivity contribution in [2.24, 2.45) is 5.92 Å².